The van der Waals surface area contributed by atoms with E-state index < -0.39 is 0 Å². The van der Waals surface area contributed by atoms with Gasteiger partial charge in [0.2, 0.25) is 0 Å². The molecule has 2 aliphatic heterocycles. The molecule has 1 fully saturated rings. The van der Waals surface area contributed by atoms with Crippen LogP contribution in [-0.2, 0) is 9.59 Å². The smallest absolute Gasteiger partial charge is 0.282 e. The van der Waals surface area contributed by atoms with E-state index in [1.807, 2.05) is 44.2 Å². The number of nitrogens with zero attached hydrogens (tertiary/aromatic N) is 2. The Morgan fingerprint density at radius 1 is 0.821 bits per heavy atom. The second-order valence-corrected chi connectivity index (χ2v) is 7.93. The fourth-order valence-corrected chi connectivity index (χ4v) is 4.03. The van der Waals surface area contributed by atoms with E-state index in [-0.39, 0.29) is 11.8 Å². The molecular formula is C23H23ClN2O2. The number of halogens is 1. The van der Waals surface area contributed by atoms with Gasteiger partial charge < -0.3 is 4.90 Å². The zero-order valence-electron chi connectivity index (χ0n) is 16.2. The van der Waals surface area contributed by atoms with E-state index in [9.17, 15) is 9.59 Å². The molecule has 0 radical (unpaired) electrons. The molecule has 0 aliphatic carbocycles. The van der Waals surface area contributed by atoms with Gasteiger partial charge in [0.25, 0.3) is 11.8 Å². The summed E-state index contributed by atoms with van der Waals surface area (Å²) >= 11 is 6.04. The molecule has 0 aromatic heterocycles. The molecule has 2 aliphatic rings. The number of benzene rings is 2. The lowest BCUT2D eigenvalue weighted by molar-refractivity contribution is -0.120. The van der Waals surface area contributed by atoms with Crippen LogP contribution in [0.1, 0.15) is 36.0 Å². The van der Waals surface area contributed by atoms with Gasteiger partial charge >= 0.3 is 0 Å². The van der Waals surface area contributed by atoms with Gasteiger partial charge in [-0.25, -0.2) is 4.90 Å². The van der Waals surface area contributed by atoms with Crippen molar-refractivity contribution in [3.63, 3.8) is 0 Å². The van der Waals surface area contributed by atoms with Gasteiger partial charge in [-0.1, -0.05) is 29.8 Å². The van der Waals surface area contributed by atoms with Crippen LogP contribution in [0.25, 0.3) is 5.57 Å². The summed E-state index contributed by atoms with van der Waals surface area (Å²) in [4.78, 5) is 30.3. The zero-order valence-corrected chi connectivity index (χ0v) is 16.9. The van der Waals surface area contributed by atoms with Gasteiger partial charge in [-0.15, -0.1) is 0 Å². The average molecular weight is 395 g/mol. The van der Waals surface area contributed by atoms with Crippen molar-refractivity contribution in [3.8, 4) is 0 Å². The minimum Gasteiger partial charge on any atom is -0.366 e. The molecule has 4 rings (SSSR count). The van der Waals surface area contributed by atoms with E-state index in [1.54, 1.807) is 12.1 Å². The number of carbonyl (C=O) groups excluding carboxylic acids is 2. The van der Waals surface area contributed by atoms with Gasteiger partial charge in [0.1, 0.15) is 5.70 Å². The Bertz CT molecular complexity index is 973. The van der Waals surface area contributed by atoms with E-state index in [2.05, 4.69) is 4.90 Å². The standard InChI is InChI=1S/C23H23ClN2O2/c1-15-6-11-19(14-16(15)2)26-22(27)20(17-7-9-18(24)10-8-17)21(23(26)28)25-12-4-3-5-13-25/h6-11,14H,3-5,12-13H2,1-2H3. The van der Waals surface area contributed by atoms with Crippen LogP contribution in [0.2, 0.25) is 5.02 Å². The number of amides is 2. The topological polar surface area (TPSA) is 40.6 Å². The summed E-state index contributed by atoms with van der Waals surface area (Å²) in [7, 11) is 0. The van der Waals surface area contributed by atoms with Gasteiger partial charge in [0.05, 0.1) is 11.3 Å². The number of imide groups is 1. The van der Waals surface area contributed by atoms with Crippen LogP contribution < -0.4 is 4.90 Å². The molecular weight excluding hydrogens is 372 g/mol. The summed E-state index contributed by atoms with van der Waals surface area (Å²) in [6.07, 6.45) is 3.22. The molecule has 0 saturated carbocycles. The fourth-order valence-electron chi connectivity index (χ4n) is 3.90. The van der Waals surface area contributed by atoms with Crippen LogP contribution in [-0.4, -0.2) is 29.8 Å². The Hall–Kier alpha value is -2.59. The highest BCUT2D eigenvalue weighted by Crippen LogP contribution is 2.36. The largest absolute Gasteiger partial charge is 0.366 e. The summed E-state index contributed by atoms with van der Waals surface area (Å²) in [6, 6.07) is 12.8. The molecule has 2 aromatic carbocycles. The van der Waals surface area contributed by atoms with Crippen LogP contribution in [0, 0.1) is 13.8 Å². The zero-order chi connectivity index (χ0) is 19.8. The summed E-state index contributed by atoms with van der Waals surface area (Å²) < 4.78 is 0. The summed E-state index contributed by atoms with van der Waals surface area (Å²) in [5.74, 6) is -0.503. The second-order valence-electron chi connectivity index (χ2n) is 7.49. The highest BCUT2D eigenvalue weighted by Gasteiger charge is 2.42. The predicted molar refractivity (Wildman–Crippen MR) is 112 cm³/mol. The first-order chi connectivity index (χ1) is 13.5. The van der Waals surface area contributed by atoms with Crippen LogP contribution >= 0.6 is 11.6 Å². The maximum Gasteiger partial charge on any atom is 0.282 e. The molecule has 2 aromatic rings. The Morgan fingerprint density at radius 2 is 1.50 bits per heavy atom. The quantitative estimate of drug-likeness (QED) is 0.707. The maximum atomic E-state index is 13.4. The van der Waals surface area contributed by atoms with Crippen LogP contribution in [0.5, 0.6) is 0 Å². The maximum absolute atomic E-state index is 13.4. The van der Waals surface area contributed by atoms with Crippen LogP contribution in [0.3, 0.4) is 0 Å². The average Bonchev–Trinajstić information content (AvgIpc) is 2.96. The Morgan fingerprint density at radius 3 is 2.14 bits per heavy atom. The number of hydrogen-bond acceptors (Lipinski definition) is 3. The molecule has 5 heteroatoms. The molecule has 1 saturated heterocycles. The van der Waals surface area contributed by atoms with Gasteiger partial charge in [-0.2, -0.15) is 0 Å². The normalized spacial score (nSPS) is 17.7. The first-order valence-electron chi connectivity index (χ1n) is 9.68. The molecule has 28 heavy (non-hydrogen) atoms. The van der Waals surface area contributed by atoms with Crippen molar-refractivity contribution >= 4 is 34.7 Å². The predicted octanol–water partition coefficient (Wildman–Crippen LogP) is 4.73. The minimum atomic E-state index is -0.267. The first-order valence-corrected chi connectivity index (χ1v) is 10.1. The molecule has 0 N–H and O–H groups in total. The fraction of sp³-hybridized carbons (Fsp3) is 0.304. The van der Waals surface area contributed by atoms with Crippen molar-refractivity contribution in [2.75, 3.05) is 18.0 Å². The van der Waals surface area contributed by atoms with Crippen molar-refractivity contribution in [2.24, 2.45) is 0 Å². The summed E-state index contributed by atoms with van der Waals surface area (Å²) in [6.45, 7) is 5.60. The minimum absolute atomic E-state index is 0.236. The molecule has 0 spiro atoms. The van der Waals surface area contributed by atoms with E-state index in [0.29, 0.717) is 22.0 Å². The molecule has 0 unspecified atom stereocenters. The molecule has 4 nitrogen and oxygen atoms in total. The van der Waals surface area contributed by atoms with Gasteiger partial charge in [-0.3, -0.25) is 9.59 Å². The second kappa shape index (κ2) is 7.44. The molecule has 0 bridgehead atoms. The van der Waals surface area contributed by atoms with Crippen molar-refractivity contribution in [1.29, 1.82) is 0 Å². The third kappa shape index (κ3) is 3.22. The molecule has 144 valence electrons. The molecule has 0 atom stereocenters. The van der Waals surface area contributed by atoms with Crippen molar-refractivity contribution in [2.45, 2.75) is 33.1 Å². The Kier molecular flexibility index (Phi) is 4.98. The number of aryl methyl sites for hydroxylation is 2. The SMILES string of the molecule is Cc1ccc(N2C(=O)C(c3ccc(Cl)cc3)=C(N3CCCCC3)C2=O)cc1C. The number of likely N-dealkylation sites (tertiary alicyclic amines) is 1. The third-order valence-electron chi connectivity index (χ3n) is 5.61. The van der Waals surface area contributed by atoms with Crippen molar-refractivity contribution in [1.82, 2.24) is 4.90 Å². The van der Waals surface area contributed by atoms with E-state index in [0.717, 1.165) is 49.0 Å². The first kappa shape index (κ1) is 18.8. The number of anilines is 1. The van der Waals surface area contributed by atoms with Gasteiger partial charge in [0.15, 0.2) is 0 Å². The van der Waals surface area contributed by atoms with Crippen LogP contribution in [0.4, 0.5) is 5.69 Å². The van der Waals surface area contributed by atoms with E-state index in [4.69, 9.17) is 11.6 Å². The van der Waals surface area contributed by atoms with E-state index >= 15 is 0 Å². The Balaban J connectivity index is 1.82. The Labute approximate surface area is 170 Å². The number of hydrogen-bond donors (Lipinski definition) is 0. The van der Waals surface area contributed by atoms with Gasteiger partial charge in [-0.05, 0) is 74.1 Å². The number of carbonyl (C=O) groups is 2. The van der Waals surface area contributed by atoms with E-state index in [1.165, 1.54) is 4.90 Å². The monoisotopic (exact) mass is 394 g/mol. The van der Waals surface area contributed by atoms with Crippen molar-refractivity contribution < 1.29 is 9.59 Å². The lowest BCUT2D eigenvalue weighted by atomic mass is 10.0. The number of piperidine rings is 1. The molecule has 2 amide bonds. The number of rotatable bonds is 3. The lowest BCUT2D eigenvalue weighted by Crippen LogP contribution is -2.37. The highest BCUT2D eigenvalue weighted by molar-refractivity contribution is 6.45. The van der Waals surface area contributed by atoms with Gasteiger partial charge in [0, 0.05) is 18.1 Å². The third-order valence-corrected chi connectivity index (χ3v) is 5.87. The highest BCUT2D eigenvalue weighted by atomic mass is 35.5. The molecule has 2 heterocycles. The van der Waals surface area contributed by atoms with Crippen LogP contribution in [0.15, 0.2) is 48.2 Å². The lowest BCUT2D eigenvalue weighted by Gasteiger charge is -2.29. The summed E-state index contributed by atoms with van der Waals surface area (Å²) in [5, 5.41) is 0.603. The summed E-state index contributed by atoms with van der Waals surface area (Å²) in [5.41, 5.74) is 4.53. The van der Waals surface area contributed by atoms with Crippen molar-refractivity contribution in [3.05, 3.63) is 69.9 Å².